The first-order chi connectivity index (χ1) is 11.8. The summed E-state index contributed by atoms with van der Waals surface area (Å²) in [5.74, 6) is 1.59. The molecule has 0 atom stereocenters. The van der Waals surface area contributed by atoms with Gasteiger partial charge in [0.25, 0.3) is 5.95 Å². The number of anilines is 1. The molecule has 1 aromatic carbocycles. The van der Waals surface area contributed by atoms with Gasteiger partial charge in [0.15, 0.2) is 12.0 Å². The summed E-state index contributed by atoms with van der Waals surface area (Å²) in [6.45, 7) is 0. The number of nitriles is 1. The van der Waals surface area contributed by atoms with Crippen molar-refractivity contribution < 1.29 is 0 Å². The van der Waals surface area contributed by atoms with Crippen LogP contribution in [0.15, 0.2) is 36.7 Å². The fourth-order valence-corrected chi connectivity index (χ4v) is 3.46. The average molecular weight is 318 g/mol. The molecule has 0 saturated heterocycles. The van der Waals surface area contributed by atoms with Crippen molar-refractivity contribution in [2.45, 2.75) is 38.0 Å². The quantitative estimate of drug-likeness (QED) is 0.587. The molecule has 0 amide bonds. The van der Waals surface area contributed by atoms with Crippen LogP contribution in [-0.2, 0) is 0 Å². The second kappa shape index (κ2) is 6.28. The number of hydrogen-bond acceptors (Lipinski definition) is 5. The molecule has 0 unspecified atom stereocenters. The van der Waals surface area contributed by atoms with E-state index in [2.05, 4.69) is 32.5 Å². The molecular formula is C18H18N6. The van der Waals surface area contributed by atoms with Gasteiger partial charge in [-0.3, -0.25) is 5.32 Å². The lowest BCUT2D eigenvalue weighted by molar-refractivity contribution is 0.444. The lowest BCUT2D eigenvalue weighted by Gasteiger charge is -2.22. The van der Waals surface area contributed by atoms with E-state index < -0.39 is 0 Å². The molecule has 0 bridgehead atoms. The Hall–Kier alpha value is -2.94. The summed E-state index contributed by atoms with van der Waals surface area (Å²) >= 11 is 0. The number of hydrogen-bond donors (Lipinski definition) is 1. The molecule has 1 N–H and O–H groups in total. The maximum Gasteiger partial charge on any atom is 0.253 e. The van der Waals surface area contributed by atoms with Gasteiger partial charge in [-0.05, 0) is 42.5 Å². The van der Waals surface area contributed by atoms with Crippen LogP contribution in [0.25, 0.3) is 16.9 Å². The topological polar surface area (TPSA) is 79.4 Å². The third-order valence-corrected chi connectivity index (χ3v) is 4.67. The zero-order valence-electron chi connectivity index (χ0n) is 13.3. The van der Waals surface area contributed by atoms with Gasteiger partial charge in [-0.25, -0.2) is 9.67 Å². The first-order valence-electron chi connectivity index (χ1n) is 8.32. The summed E-state index contributed by atoms with van der Waals surface area (Å²) in [5.41, 5.74) is 2.13. The van der Waals surface area contributed by atoms with Crippen molar-refractivity contribution >= 4 is 16.7 Å². The first kappa shape index (κ1) is 14.6. The van der Waals surface area contributed by atoms with Crippen LogP contribution in [0.4, 0.5) is 5.82 Å². The third kappa shape index (κ3) is 2.69. The second-order valence-corrected chi connectivity index (χ2v) is 6.17. The lowest BCUT2D eigenvalue weighted by atomic mass is 9.84. The van der Waals surface area contributed by atoms with Gasteiger partial charge >= 0.3 is 0 Å². The van der Waals surface area contributed by atoms with Gasteiger partial charge in [0, 0.05) is 17.8 Å². The van der Waals surface area contributed by atoms with Crippen molar-refractivity contribution in [2.24, 2.45) is 0 Å². The zero-order chi connectivity index (χ0) is 16.4. The standard InChI is InChI=1S/C18H18N6/c19-12-20-17-15-11-14(13-5-2-1-3-6-13)7-8-16(15)22-18(23-17)24-10-4-9-21-24/h4,7-11,13H,1-3,5-6H2,(H,20,22,23). The minimum atomic E-state index is 0.454. The van der Waals surface area contributed by atoms with Crippen LogP contribution in [0, 0.1) is 11.5 Å². The Bertz CT molecular complexity index is 888. The Morgan fingerprint density at radius 1 is 1.17 bits per heavy atom. The molecule has 1 fully saturated rings. The monoisotopic (exact) mass is 318 g/mol. The Labute approximate surface area is 140 Å². The van der Waals surface area contributed by atoms with E-state index in [0.29, 0.717) is 17.7 Å². The zero-order valence-corrected chi connectivity index (χ0v) is 13.3. The molecule has 2 heterocycles. The van der Waals surface area contributed by atoms with Gasteiger partial charge in [-0.15, -0.1) is 0 Å². The number of nitrogens with one attached hydrogen (secondary N) is 1. The van der Waals surface area contributed by atoms with E-state index in [1.165, 1.54) is 37.7 Å². The van der Waals surface area contributed by atoms with E-state index in [4.69, 9.17) is 5.26 Å². The van der Waals surface area contributed by atoms with Crippen molar-refractivity contribution in [2.75, 3.05) is 5.32 Å². The van der Waals surface area contributed by atoms with Crippen LogP contribution >= 0.6 is 0 Å². The van der Waals surface area contributed by atoms with Gasteiger partial charge in [-0.1, -0.05) is 25.3 Å². The molecule has 120 valence electrons. The minimum Gasteiger partial charge on any atom is -0.276 e. The molecule has 2 aromatic heterocycles. The highest BCUT2D eigenvalue weighted by molar-refractivity contribution is 5.90. The fourth-order valence-electron chi connectivity index (χ4n) is 3.46. The highest BCUT2D eigenvalue weighted by Crippen LogP contribution is 2.34. The van der Waals surface area contributed by atoms with Gasteiger partial charge in [-0.2, -0.15) is 15.3 Å². The largest absolute Gasteiger partial charge is 0.276 e. The van der Waals surface area contributed by atoms with E-state index in [1.54, 1.807) is 17.1 Å². The fraction of sp³-hybridized carbons (Fsp3) is 0.333. The molecule has 1 aliphatic rings. The molecule has 24 heavy (non-hydrogen) atoms. The number of benzene rings is 1. The molecule has 6 heteroatoms. The summed E-state index contributed by atoms with van der Waals surface area (Å²) in [5, 5.41) is 16.8. The smallest absolute Gasteiger partial charge is 0.253 e. The Morgan fingerprint density at radius 2 is 2.04 bits per heavy atom. The summed E-state index contributed by atoms with van der Waals surface area (Å²) in [6, 6.07) is 8.14. The molecule has 0 spiro atoms. The molecule has 1 saturated carbocycles. The first-order valence-corrected chi connectivity index (χ1v) is 8.32. The number of rotatable bonds is 3. The van der Waals surface area contributed by atoms with Crippen molar-refractivity contribution in [3.8, 4) is 12.1 Å². The maximum atomic E-state index is 9.07. The van der Waals surface area contributed by atoms with Crippen molar-refractivity contribution in [1.82, 2.24) is 19.7 Å². The summed E-state index contributed by atoms with van der Waals surface area (Å²) in [4.78, 5) is 9.06. The van der Waals surface area contributed by atoms with Gasteiger partial charge in [0.2, 0.25) is 0 Å². The van der Waals surface area contributed by atoms with Crippen LogP contribution < -0.4 is 5.32 Å². The van der Waals surface area contributed by atoms with Gasteiger partial charge < -0.3 is 0 Å². The number of nitrogens with zero attached hydrogens (tertiary/aromatic N) is 5. The van der Waals surface area contributed by atoms with Crippen molar-refractivity contribution in [3.05, 3.63) is 42.2 Å². The Balaban J connectivity index is 1.82. The summed E-state index contributed by atoms with van der Waals surface area (Å²) in [7, 11) is 0. The van der Waals surface area contributed by atoms with E-state index in [0.717, 1.165) is 10.9 Å². The molecular weight excluding hydrogens is 300 g/mol. The van der Waals surface area contributed by atoms with Crippen LogP contribution in [0.5, 0.6) is 0 Å². The van der Waals surface area contributed by atoms with Gasteiger partial charge in [0.05, 0.1) is 5.52 Å². The molecule has 0 aliphatic heterocycles. The van der Waals surface area contributed by atoms with Crippen molar-refractivity contribution in [3.63, 3.8) is 0 Å². The molecule has 1 aliphatic carbocycles. The normalized spacial score (nSPS) is 15.3. The minimum absolute atomic E-state index is 0.454. The molecule has 0 radical (unpaired) electrons. The summed E-state index contributed by atoms with van der Waals surface area (Å²) < 4.78 is 1.59. The SMILES string of the molecule is N#CNc1nc(-n2cccn2)nc2ccc(C3CCCCC3)cc12. The number of fused-ring (bicyclic) bond motifs is 1. The Morgan fingerprint density at radius 3 is 2.79 bits per heavy atom. The van der Waals surface area contributed by atoms with Gasteiger partial charge in [0.1, 0.15) is 0 Å². The van der Waals surface area contributed by atoms with E-state index in [-0.39, 0.29) is 0 Å². The predicted molar refractivity (Wildman–Crippen MR) is 91.7 cm³/mol. The average Bonchev–Trinajstić information content (AvgIpc) is 3.17. The van der Waals surface area contributed by atoms with E-state index >= 15 is 0 Å². The highest BCUT2D eigenvalue weighted by Gasteiger charge is 2.17. The van der Waals surface area contributed by atoms with E-state index in [9.17, 15) is 0 Å². The third-order valence-electron chi connectivity index (χ3n) is 4.67. The second-order valence-electron chi connectivity index (χ2n) is 6.17. The van der Waals surface area contributed by atoms with Crippen molar-refractivity contribution in [1.29, 1.82) is 5.26 Å². The number of aromatic nitrogens is 4. The van der Waals surface area contributed by atoms with Crippen LogP contribution in [-0.4, -0.2) is 19.7 Å². The molecule has 4 rings (SSSR count). The maximum absolute atomic E-state index is 9.07. The molecule has 6 nitrogen and oxygen atoms in total. The predicted octanol–water partition coefficient (Wildman–Crippen LogP) is 3.76. The van der Waals surface area contributed by atoms with Crippen LogP contribution in [0.1, 0.15) is 43.6 Å². The highest BCUT2D eigenvalue weighted by atomic mass is 15.3. The van der Waals surface area contributed by atoms with E-state index in [1.807, 2.05) is 18.3 Å². The molecule has 3 aromatic rings. The lowest BCUT2D eigenvalue weighted by Crippen LogP contribution is -2.07. The van der Waals surface area contributed by atoms with Crippen LogP contribution in [0.2, 0.25) is 0 Å². The summed E-state index contributed by atoms with van der Waals surface area (Å²) in [6.07, 6.45) is 11.8. The van der Waals surface area contributed by atoms with Crippen LogP contribution in [0.3, 0.4) is 0 Å². The Kier molecular flexibility index (Phi) is 3.83.